The molecule has 0 aromatic heterocycles. The molecule has 1 amide bonds. The Bertz CT molecular complexity index is 877. The van der Waals surface area contributed by atoms with Crippen molar-refractivity contribution in [1.29, 1.82) is 0 Å². The van der Waals surface area contributed by atoms with Gasteiger partial charge in [-0.1, -0.05) is 24.3 Å². The maximum absolute atomic E-state index is 13.2. The van der Waals surface area contributed by atoms with Crippen molar-refractivity contribution in [1.82, 2.24) is 5.32 Å². The molecule has 2 aliphatic rings. The van der Waals surface area contributed by atoms with Crippen LogP contribution in [0.25, 0.3) is 0 Å². The number of nitrogens with two attached hydrogens (primary N) is 1. The summed E-state index contributed by atoms with van der Waals surface area (Å²) >= 11 is 0. The Morgan fingerprint density at radius 3 is 2.24 bits per heavy atom. The molecule has 10 heteroatoms. The number of benzene rings is 1. The molecule has 1 aliphatic carbocycles. The molecule has 5 atom stereocenters. The number of hydrogen-bond acceptors (Lipinski definition) is 3. The smallest absolute Gasteiger partial charge is 0.372 e. The summed E-state index contributed by atoms with van der Waals surface area (Å²) in [5.41, 5.74) is 2.50. The second kappa shape index (κ2) is 9.89. The molecule has 4 nitrogen and oxygen atoms in total. The van der Waals surface area contributed by atoms with E-state index < -0.39 is 35.5 Å². The van der Waals surface area contributed by atoms with Crippen LogP contribution >= 0.6 is 0 Å². The number of amides is 1. The fraction of sp³-hybridized carbons (Fsp3) is 0.522. The largest absolute Gasteiger partial charge is 0.416 e. The third-order valence-electron chi connectivity index (χ3n) is 6.24. The number of nitrogens with one attached hydrogen (secondary N) is 1. The Morgan fingerprint density at radius 2 is 1.67 bits per heavy atom. The zero-order chi connectivity index (χ0) is 24.4. The van der Waals surface area contributed by atoms with Crippen LogP contribution in [0.2, 0.25) is 0 Å². The van der Waals surface area contributed by atoms with Gasteiger partial charge in [-0.3, -0.25) is 4.79 Å². The minimum Gasteiger partial charge on any atom is -0.372 e. The summed E-state index contributed by atoms with van der Waals surface area (Å²) in [5, 5.41) is 3.26. The zero-order valence-electron chi connectivity index (χ0n) is 17.9. The van der Waals surface area contributed by atoms with E-state index in [9.17, 15) is 31.1 Å². The van der Waals surface area contributed by atoms with Gasteiger partial charge < -0.3 is 15.8 Å². The van der Waals surface area contributed by atoms with E-state index in [2.05, 4.69) is 5.32 Å². The SMILES string of the molecule is C[C@@H](OC[C@H]1NC[C@H](C(N)=O)CCC2C=CC=CC21)c1cc(C(F)(F)F)cc(C(F)(F)F)c1. The Morgan fingerprint density at radius 1 is 1.06 bits per heavy atom. The molecule has 0 spiro atoms. The van der Waals surface area contributed by atoms with Crippen LogP contribution in [0.4, 0.5) is 26.3 Å². The molecular formula is C23H26F6N2O2. The highest BCUT2D eigenvalue weighted by molar-refractivity contribution is 5.76. The maximum Gasteiger partial charge on any atom is 0.416 e. The molecule has 3 N–H and O–H groups in total. The van der Waals surface area contributed by atoms with Gasteiger partial charge in [-0.15, -0.1) is 0 Å². The van der Waals surface area contributed by atoms with Gasteiger partial charge in [0.25, 0.3) is 0 Å². The van der Waals surface area contributed by atoms with Crippen LogP contribution in [0.1, 0.15) is 42.6 Å². The minimum atomic E-state index is -4.92. The van der Waals surface area contributed by atoms with E-state index in [0.29, 0.717) is 25.1 Å². The summed E-state index contributed by atoms with van der Waals surface area (Å²) in [7, 11) is 0. The van der Waals surface area contributed by atoms with Gasteiger partial charge in [0.15, 0.2) is 0 Å². The lowest BCUT2D eigenvalue weighted by Crippen LogP contribution is -2.48. The number of carbonyl (C=O) groups is 1. The topological polar surface area (TPSA) is 64.3 Å². The standard InChI is InChI=1S/C23H26F6N2O2/c1-13(16-8-17(22(24,25)26)10-18(9-16)23(27,28)29)33-12-20-19-5-3-2-4-14(19)6-7-15(11-31-20)21(30)32/h2-5,8-10,13-15,19-20,31H,6-7,11-12H2,1H3,(H2,30,32)/t13-,14?,15-,19?,20-/m1/s1. The molecule has 1 fully saturated rings. The number of ether oxygens (including phenoxy) is 1. The summed E-state index contributed by atoms with van der Waals surface area (Å²) in [5.74, 6) is -0.682. The van der Waals surface area contributed by atoms with Crippen molar-refractivity contribution in [2.24, 2.45) is 23.5 Å². The van der Waals surface area contributed by atoms with Gasteiger partial charge in [0.1, 0.15) is 0 Å². The quantitative estimate of drug-likeness (QED) is 0.587. The minimum absolute atomic E-state index is 0.00303. The Hall–Kier alpha value is -2.33. The van der Waals surface area contributed by atoms with Crippen molar-refractivity contribution in [3.8, 4) is 0 Å². The maximum atomic E-state index is 13.2. The van der Waals surface area contributed by atoms with E-state index in [1.165, 1.54) is 6.92 Å². The normalized spacial score (nSPS) is 26.9. The zero-order valence-corrected chi connectivity index (χ0v) is 17.9. The van der Waals surface area contributed by atoms with Crippen molar-refractivity contribution >= 4 is 5.91 Å². The summed E-state index contributed by atoms with van der Waals surface area (Å²) in [4.78, 5) is 11.7. The highest BCUT2D eigenvalue weighted by Crippen LogP contribution is 2.38. The second-order valence-corrected chi connectivity index (χ2v) is 8.52. The van der Waals surface area contributed by atoms with Gasteiger partial charge in [-0.25, -0.2) is 0 Å². The molecule has 3 rings (SSSR count). The number of alkyl halides is 6. The van der Waals surface area contributed by atoms with E-state index in [0.717, 1.165) is 6.42 Å². The molecule has 0 radical (unpaired) electrons. The molecule has 1 aromatic carbocycles. The van der Waals surface area contributed by atoms with Crippen molar-refractivity contribution in [3.63, 3.8) is 0 Å². The highest BCUT2D eigenvalue weighted by atomic mass is 19.4. The number of primary amides is 1. The van der Waals surface area contributed by atoms with E-state index in [4.69, 9.17) is 10.5 Å². The van der Waals surface area contributed by atoms with Gasteiger partial charge in [-0.2, -0.15) is 26.3 Å². The fourth-order valence-electron chi connectivity index (χ4n) is 4.29. The van der Waals surface area contributed by atoms with Gasteiger partial charge >= 0.3 is 12.4 Å². The first-order valence-corrected chi connectivity index (χ1v) is 10.6. The van der Waals surface area contributed by atoms with Crippen LogP contribution in [0.3, 0.4) is 0 Å². The third kappa shape index (κ3) is 6.38. The van der Waals surface area contributed by atoms with Crippen LogP contribution in [-0.2, 0) is 21.9 Å². The molecule has 1 aliphatic heterocycles. The number of allylic oxidation sites excluding steroid dienone is 3. The summed E-state index contributed by atoms with van der Waals surface area (Å²) < 4.78 is 84.8. The van der Waals surface area contributed by atoms with Gasteiger partial charge in [-0.05, 0) is 49.4 Å². The number of hydrogen-bond donors (Lipinski definition) is 2. The average molecular weight is 476 g/mol. The van der Waals surface area contributed by atoms with Crippen LogP contribution in [-0.4, -0.2) is 25.1 Å². The lowest BCUT2D eigenvalue weighted by atomic mass is 9.77. The van der Waals surface area contributed by atoms with E-state index in [1.807, 2.05) is 24.3 Å². The van der Waals surface area contributed by atoms with Crippen molar-refractivity contribution < 1.29 is 35.9 Å². The van der Waals surface area contributed by atoms with E-state index in [1.54, 1.807) is 0 Å². The molecule has 182 valence electrons. The first-order valence-electron chi connectivity index (χ1n) is 10.6. The third-order valence-corrected chi connectivity index (χ3v) is 6.24. The van der Waals surface area contributed by atoms with Gasteiger partial charge in [0.2, 0.25) is 5.91 Å². The van der Waals surface area contributed by atoms with Crippen molar-refractivity contribution in [3.05, 3.63) is 59.2 Å². The van der Waals surface area contributed by atoms with E-state index in [-0.39, 0.29) is 42.0 Å². The molecule has 1 heterocycles. The second-order valence-electron chi connectivity index (χ2n) is 8.52. The average Bonchev–Trinajstić information content (AvgIpc) is 2.72. The van der Waals surface area contributed by atoms with Gasteiger partial charge in [0, 0.05) is 18.5 Å². The summed E-state index contributed by atoms with van der Waals surface area (Å²) in [6.07, 6.45) is -1.71. The summed E-state index contributed by atoms with van der Waals surface area (Å²) in [6.45, 7) is 1.77. The predicted molar refractivity (Wildman–Crippen MR) is 110 cm³/mol. The fourth-order valence-corrected chi connectivity index (χ4v) is 4.29. The Balaban J connectivity index is 1.79. The van der Waals surface area contributed by atoms with Crippen LogP contribution in [0.15, 0.2) is 42.5 Å². The molecule has 33 heavy (non-hydrogen) atoms. The first kappa shape index (κ1) is 25.3. The number of halogens is 6. The first-order chi connectivity index (χ1) is 15.4. The van der Waals surface area contributed by atoms with Crippen molar-refractivity contribution in [2.75, 3.05) is 13.2 Å². The molecule has 2 unspecified atom stereocenters. The van der Waals surface area contributed by atoms with E-state index >= 15 is 0 Å². The predicted octanol–water partition coefficient (Wildman–Crippen LogP) is 5.01. The molecule has 0 saturated carbocycles. The Kier molecular flexibility index (Phi) is 7.58. The lowest BCUT2D eigenvalue weighted by Gasteiger charge is -2.36. The molecular weight excluding hydrogens is 450 g/mol. The lowest BCUT2D eigenvalue weighted by molar-refractivity contribution is -0.143. The Labute approximate surface area is 187 Å². The molecule has 1 saturated heterocycles. The van der Waals surface area contributed by atoms with Gasteiger partial charge in [0.05, 0.1) is 29.8 Å². The number of rotatable bonds is 5. The number of fused-ring (bicyclic) bond motifs is 1. The van der Waals surface area contributed by atoms with Crippen LogP contribution < -0.4 is 11.1 Å². The van der Waals surface area contributed by atoms with Crippen LogP contribution in [0, 0.1) is 17.8 Å². The monoisotopic (exact) mass is 476 g/mol. The number of carbonyl (C=O) groups excluding carboxylic acids is 1. The summed E-state index contributed by atoms with van der Waals surface area (Å²) in [6, 6.07) is 1.16. The van der Waals surface area contributed by atoms with Crippen molar-refractivity contribution in [2.45, 2.75) is 44.3 Å². The highest BCUT2D eigenvalue weighted by Gasteiger charge is 2.38. The molecule has 0 bridgehead atoms. The van der Waals surface area contributed by atoms with Crippen LogP contribution in [0.5, 0.6) is 0 Å². The molecule has 1 aromatic rings.